The molecule has 2 atom stereocenters. The van der Waals surface area contributed by atoms with Crippen molar-refractivity contribution in [1.82, 2.24) is 10.6 Å². The molecule has 2 aromatic heterocycles. The van der Waals surface area contributed by atoms with Gasteiger partial charge in [0.15, 0.2) is 0 Å². The Morgan fingerprint density at radius 1 is 0.676 bits per heavy atom. The molecule has 10 nitrogen and oxygen atoms in total. The Labute approximate surface area is 194 Å². The Morgan fingerprint density at radius 2 is 1.09 bits per heavy atom. The average molecular weight is 462 g/mol. The first-order chi connectivity index (χ1) is 16.5. The summed E-state index contributed by atoms with van der Waals surface area (Å²) in [5.41, 5.74) is 0.764. The maximum atomic E-state index is 12.8. The predicted molar refractivity (Wildman–Crippen MR) is 119 cm³/mol. The van der Waals surface area contributed by atoms with Crippen LogP contribution in [-0.2, 0) is 32.3 Å². The zero-order valence-corrected chi connectivity index (χ0v) is 18.1. The maximum Gasteiger partial charge on any atom is 0.251 e. The van der Waals surface area contributed by atoms with E-state index in [-0.39, 0.29) is 36.5 Å². The molecule has 2 saturated heterocycles. The number of hydrogen-bond acceptors (Lipinski definition) is 8. The Morgan fingerprint density at radius 3 is 1.44 bits per heavy atom. The van der Waals surface area contributed by atoms with Crippen LogP contribution in [-0.4, -0.2) is 35.7 Å². The number of furan rings is 2. The van der Waals surface area contributed by atoms with Crippen LogP contribution in [0.15, 0.2) is 69.9 Å². The molecule has 1 aromatic carbocycles. The molecule has 0 bridgehead atoms. The van der Waals surface area contributed by atoms with E-state index < -0.39 is 12.1 Å². The summed E-state index contributed by atoms with van der Waals surface area (Å²) in [4.78, 5) is 52.9. The Hall–Kier alpha value is -4.02. The SMILES string of the molecule is O=C1C[C@H](NCc2ccco2)C(=O)N1c1ccc(N2C(=O)C[C@H](NCc3ccco3)C2=O)cc1. The molecule has 4 heterocycles. The van der Waals surface area contributed by atoms with Crippen LogP contribution in [0.25, 0.3) is 0 Å². The van der Waals surface area contributed by atoms with Crippen molar-refractivity contribution in [3.63, 3.8) is 0 Å². The van der Waals surface area contributed by atoms with E-state index in [1.165, 1.54) is 0 Å². The van der Waals surface area contributed by atoms with Crippen LogP contribution < -0.4 is 20.4 Å². The summed E-state index contributed by atoms with van der Waals surface area (Å²) in [6.45, 7) is 0.662. The summed E-state index contributed by atoms with van der Waals surface area (Å²) in [6, 6.07) is 12.0. The third-order valence-corrected chi connectivity index (χ3v) is 5.86. The largest absolute Gasteiger partial charge is 0.468 e. The van der Waals surface area contributed by atoms with Crippen molar-refractivity contribution in [3.8, 4) is 0 Å². The van der Waals surface area contributed by atoms with Crippen molar-refractivity contribution in [2.75, 3.05) is 9.80 Å². The first kappa shape index (κ1) is 21.8. The van der Waals surface area contributed by atoms with Crippen LogP contribution in [0.4, 0.5) is 11.4 Å². The van der Waals surface area contributed by atoms with Gasteiger partial charge in [-0.05, 0) is 48.5 Å². The van der Waals surface area contributed by atoms with Crippen molar-refractivity contribution < 1.29 is 28.0 Å². The zero-order valence-electron chi connectivity index (χ0n) is 18.1. The van der Waals surface area contributed by atoms with Crippen molar-refractivity contribution in [2.45, 2.75) is 38.0 Å². The second kappa shape index (κ2) is 9.08. The maximum absolute atomic E-state index is 12.8. The minimum absolute atomic E-state index is 0.0351. The monoisotopic (exact) mass is 462 g/mol. The van der Waals surface area contributed by atoms with Crippen LogP contribution in [0, 0.1) is 0 Å². The number of anilines is 2. The van der Waals surface area contributed by atoms with E-state index in [1.54, 1.807) is 61.1 Å². The van der Waals surface area contributed by atoms with E-state index in [4.69, 9.17) is 8.83 Å². The first-order valence-electron chi connectivity index (χ1n) is 10.9. The lowest BCUT2D eigenvalue weighted by Crippen LogP contribution is -2.39. The normalized spacial score (nSPS) is 20.7. The van der Waals surface area contributed by atoms with Gasteiger partial charge in [-0.15, -0.1) is 0 Å². The molecule has 174 valence electrons. The number of imide groups is 2. The summed E-state index contributed by atoms with van der Waals surface area (Å²) < 4.78 is 10.5. The van der Waals surface area contributed by atoms with Crippen LogP contribution in [0.5, 0.6) is 0 Å². The Bertz CT molecular complexity index is 1110. The highest BCUT2D eigenvalue weighted by Gasteiger charge is 2.41. The minimum atomic E-state index is -0.653. The number of nitrogens with zero attached hydrogens (tertiary/aromatic N) is 2. The van der Waals surface area contributed by atoms with E-state index in [2.05, 4.69) is 10.6 Å². The third-order valence-electron chi connectivity index (χ3n) is 5.86. The lowest BCUT2D eigenvalue weighted by molar-refractivity contribution is -0.123. The van der Waals surface area contributed by atoms with E-state index in [9.17, 15) is 19.2 Å². The first-order valence-corrected chi connectivity index (χ1v) is 10.9. The van der Waals surface area contributed by atoms with Crippen molar-refractivity contribution >= 4 is 35.0 Å². The van der Waals surface area contributed by atoms with Gasteiger partial charge in [-0.1, -0.05) is 0 Å². The van der Waals surface area contributed by atoms with Gasteiger partial charge in [0.2, 0.25) is 11.8 Å². The molecule has 2 N–H and O–H groups in total. The number of benzene rings is 1. The molecule has 0 saturated carbocycles. The standard InChI is InChI=1S/C24H22N4O6/c29-21-11-19(25-13-17-3-1-9-33-17)23(31)27(21)15-5-7-16(8-6-15)28-22(30)12-20(24(28)32)26-14-18-4-2-10-34-18/h1-10,19-20,25-26H,11-14H2/t19-,20-/m0/s1. The minimum Gasteiger partial charge on any atom is -0.468 e. The number of rotatable bonds is 8. The van der Waals surface area contributed by atoms with Crippen LogP contribution in [0.1, 0.15) is 24.4 Å². The molecule has 34 heavy (non-hydrogen) atoms. The molecule has 4 amide bonds. The molecular weight excluding hydrogens is 440 g/mol. The fourth-order valence-corrected chi connectivity index (χ4v) is 4.15. The number of carbonyl (C=O) groups is 4. The Balaban J connectivity index is 1.24. The quantitative estimate of drug-likeness (QED) is 0.485. The molecule has 0 radical (unpaired) electrons. The molecule has 0 spiro atoms. The molecule has 2 aliphatic rings. The van der Waals surface area contributed by atoms with Gasteiger partial charge in [-0.3, -0.25) is 29.8 Å². The fraction of sp³-hybridized carbons (Fsp3) is 0.250. The van der Waals surface area contributed by atoms with Gasteiger partial charge in [-0.2, -0.15) is 0 Å². The number of amides is 4. The number of nitrogens with one attached hydrogen (secondary N) is 2. The van der Waals surface area contributed by atoms with Gasteiger partial charge in [0.25, 0.3) is 11.8 Å². The predicted octanol–water partition coefficient (Wildman–Crippen LogP) is 1.72. The highest BCUT2D eigenvalue weighted by atomic mass is 16.3. The second-order valence-electron chi connectivity index (χ2n) is 8.09. The molecule has 5 rings (SSSR count). The molecule has 10 heteroatoms. The van der Waals surface area contributed by atoms with Crippen molar-refractivity contribution in [1.29, 1.82) is 0 Å². The lowest BCUT2D eigenvalue weighted by Gasteiger charge is -2.18. The zero-order chi connectivity index (χ0) is 23.7. The Kier molecular flexibility index (Phi) is 5.83. The highest BCUT2D eigenvalue weighted by molar-refractivity contribution is 6.24. The lowest BCUT2D eigenvalue weighted by atomic mass is 10.2. The van der Waals surface area contributed by atoms with Crippen molar-refractivity contribution in [2.24, 2.45) is 0 Å². The second-order valence-corrected chi connectivity index (χ2v) is 8.09. The van der Waals surface area contributed by atoms with Gasteiger partial charge in [0, 0.05) is 0 Å². The third kappa shape index (κ3) is 4.16. The summed E-state index contributed by atoms with van der Waals surface area (Å²) in [5, 5.41) is 6.08. The molecular formula is C24H22N4O6. The van der Waals surface area contributed by atoms with Crippen LogP contribution >= 0.6 is 0 Å². The molecule has 0 aliphatic carbocycles. The summed E-state index contributed by atoms with van der Waals surface area (Å²) in [6.07, 6.45) is 3.15. The van der Waals surface area contributed by atoms with Gasteiger partial charge in [0.1, 0.15) is 11.5 Å². The van der Waals surface area contributed by atoms with E-state index in [0.29, 0.717) is 36.0 Å². The molecule has 0 unspecified atom stereocenters. The molecule has 2 aliphatic heterocycles. The summed E-state index contributed by atoms with van der Waals surface area (Å²) in [7, 11) is 0. The number of carbonyl (C=O) groups excluding carboxylic acids is 4. The molecule has 2 fully saturated rings. The van der Waals surface area contributed by atoms with Crippen LogP contribution in [0.3, 0.4) is 0 Å². The average Bonchev–Trinajstić information content (AvgIpc) is 3.61. The van der Waals surface area contributed by atoms with E-state index >= 15 is 0 Å². The van der Waals surface area contributed by atoms with Crippen LogP contribution in [0.2, 0.25) is 0 Å². The van der Waals surface area contributed by atoms with E-state index in [0.717, 1.165) is 9.80 Å². The summed E-state index contributed by atoms with van der Waals surface area (Å²) in [5.74, 6) is -0.0463. The summed E-state index contributed by atoms with van der Waals surface area (Å²) >= 11 is 0. The van der Waals surface area contributed by atoms with Gasteiger partial charge >= 0.3 is 0 Å². The number of hydrogen-bond donors (Lipinski definition) is 2. The van der Waals surface area contributed by atoms with Crippen molar-refractivity contribution in [3.05, 3.63) is 72.6 Å². The smallest absolute Gasteiger partial charge is 0.251 e. The van der Waals surface area contributed by atoms with Gasteiger partial charge in [0.05, 0.1) is 61.9 Å². The molecule has 3 aromatic rings. The van der Waals surface area contributed by atoms with E-state index in [1.807, 2.05) is 0 Å². The van der Waals surface area contributed by atoms with Gasteiger partial charge < -0.3 is 8.83 Å². The topological polar surface area (TPSA) is 125 Å². The fourth-order valence-electron chi connectivity index (χ4n) is 4.15. The van der Waals surface area contributed by atoms with Gasteiger partial charge in [-0.25, -0.2) is 9.80 Å². The highest BCUT2D eigenvalue weighted by Crippen LogP contribution is 2.28.